The molecule has 1 aliphatic rings. The van der Waals surface area contributed by atoms with Gasteiger partial charge in [0.05, 0.1) is 11.8 Å². The number of amides is 1. The van der Waals surface area contributed by atoms with Gasteiger partial charge in [-0.05, 0) is 43.4 Å². The van der Waals surface area contributed by atoms with Crippen LogP contribution in [-0.4, -0.2) is 38.8 Å². The lowest BCUT2D eigenvalue weighted by atomic mass is 9.91. The largest absolute Gasteiger partial charge is 0.507 e. The van der Waals surface area contributed by atoms with Crippen molar-refractivity contribution in [2.24, 2.45) is 0 Å². The fraction of sp³-hybridized carbons (Fsp3) is 0.412. The fourth-order valence-electron chi connectivity index (χ4n) is 3.04. The minimum atomic E-state index is -0.550. The Morgan fingerprint density at radius 2 is 2.13 bits per heavy atom. The highest BCUT2D eigenvalue weighted by molar-refractivity contribution is 5.96. The maximum absolute atomic E-state index is 13.0. The number of piperidine rings is 1. The van der Waals surface area contributed by atoms with Gasteiger partial charge in [0.15, 0.2) is 0 Å². The van der Waals surface area contributed by atoms with Gasteiger partial charge in [-0.2, -0.15) is 5.10 Å². The Labute approximate surface area is 134 Å². The van der Waals surface area contributed by atoms with Crippen molar-refractivity contribution in [3.8, 4) is 5.75 Å². The van der Waals surface area contributed by atoms with E-state index in [-0.39, 0.29) is 17.2 Å². The number of phenolic OH excluding ortho intramolecular Hbond substituents is 1. The normalized spacial score (nSPS) is 15.8. The second-order valence-electron chi connectivity index (χ2n) is 5.86. The van der Waals surface area contributed by atoms with E-state index in [1.165, 1.54) is 17.7 Å². The number of carbonyl (C=O) groups excluding carboxylic acids is 1. The van der Waals surface area contributed by atoms with Gasteiger partial charge in [-0.3, -0.25) is 9.48 Å². The van der Waals surface area contributed by atoms with Crippen LogP contribution in [0.5, 0.6) is 5.75 Å². The molecule has 1 aromatic carbocycles. The maximum Gasteiger partial charge on any atom is 0.257 e. The Bertz CT molecular complexity index is 706. The molecule has 6 heteroatoms. The summed E-state index contributed by atoms with van der Waals surface area (Å²) < 4.78 is 14.9. The van der Waals surface area contributed by atoms with E-state index in [9.17, 15) is 14.3 Å². The molecule has 0 atom stereocenters. The number of hydrogen-bond donors (Lipinski definition) is 1. The Morgan fingerprint density at radius 1 is 1.39 bits per heavy atom. The van der Waals surface area contributed by atoms with Crippen LogP contribution in [0.4, 0.5) is 4.39 Å². The van der Waals surface area contributed by atoms with Gasteiger partial charge in [0, 0.05) is 31.9 Å². The van der Waals surface area contributed by atoms with E-state index in [0.717, 1.165) is 25.5 Å². The van der Waals surface area contributed by atoms with Gasteiger partial charge < -0.3 is 10.0 Å². The van der Waals surface area contributed by atoms with Gasteiger partial charge in [0.25, 0.3) is 5.91 Å². The topological polar surface area (TPSA) is 58.4 Å². The van der Waals surface area contributed by atoms with Crippen LogP contribution < -0.4 is 0 Å². The molecule has 0 aliphatic carbocycles. The fourth-order valence-corrected chi connectivity index (χ4v) is 3.04. The molecule has 2 heterocycles. The maximum atomic E-state index is 13.0. The number of carbonyl (C=O) groups is 1. The van der Waals surface area contributed by atoms with Crippen molar-refractivity contribution in [2.75, 3.05) is 13.1 Å². The molecule has 3 rings (SSSR count). The summed E-state index contributed by atoms with van der Waals surface area (Å²) in [6, 6.07) is 3.50. The zero-order chi connectivity index (χ0) is 16.4. The highest BCUT2D eigenvalue weighted by atomic mass is 19.1. The van der Waals surface area contributed by atoms with E-state index in [1.807, 2.05) is 17.8 Å². The summed E-state index contributed by atoms with van der Waals surface area (Å²) in [5.74, 6) is -0.696. The van der Waals surface area contributed by atoms with Gasteiger partial charge in [-0.25, -0.2) is 4.39 Å². The molecule has 1 fully saturated rings. The first-order chi connectivity index (χ1) is 11.1. The average molecular weight is 317 g/mol. The Hall–Kier alpha value is -2.37. The minimum absolute atomic E-state index is 0.156. The first kappa shape index (κ1) is 15.5. The van der Waals surface area contributed by atoms with Crippen molar-refractivity contribution in [3.05, 3.63) is 47.5 Å². The molecule has 1 aromatic heterocycles. The predicted molar refractivity (Wildman–Crippen MR) is 83.8 cm³/mol. The van der Waals surface area contributed by atoms with Crippen LogP contribution in [0.3, 0.4) is 0 Å². The molecule has 122 valence electrons. The van der Waals surface area contributed by atoms with Crippen LogP contribution in [0, 0.1) is 5.82 Å². The zero-order valence-electron chi connectivity index (χ0n) is 13.1. The number of nitrogens with zero attached hydrogens (tertiary/aromatic N) is 3. The summed E-state index contributed by atoms with van der Waals surface area (Å²) in [4.78, 5) is 14.2. The second kappa shape index (κ2) is 6.40. The lowest BCUT2D eigenvalue weighted by Crippen LogP contribution is -2.37. The van der Waals surface area contributed by atoms with E-state index in [0.29, 0.717) is 19.0 Å². The molecule has 23 heavy (non-hydrogen) atoms. The number of rotatable bonds is 3. The van der Waals surface area contributed by atoms with E-state index in [4.69, 9.17) is 0 Å². The number of benzene rings is 1. The van der Waals surface area contributed by atoms with Gasteiger partial charge in [0.1, 0.15) is 11.6 Å². The van der Waals surface area contributed by atoms with Crippen molar-refractivity contribution < 1.29 is 14.3 Å². The van der Waals surface area contributed by atoms with E-state index < -0.39 is 5.82 Å². The van der Waals surface area contributed by atoms with Gasteiger partial charge in [-0.1, -0.05) is 0 Å². The summed E-state index contributed by atoms with van der Waals surface area (Å²) in [6.45, 7) is 4.14. The smallest absolute Gasteiger partial charge is 0.257 e. The molecular weight excluding hydrogens is 297 g/mol. The SMILES string of the molecule is CCn1cc(C2CCN(C(=O)c3ccc(F)cc3O)CC2)cn1. The van der Waals surface area contributed by atoms with Crippen LogP contribution in [0.2, 0.25) is 0 Å². The van der Waals surface area contributed by atoms with Crippen LogP contribution in [0.25, 0.3) is 0 Å². The third-order valence-corrected chi connectivity index (χ3v) is 4.42. The second-order valence-corrected chi connectivity index (χ2v) is 5.86. The number of likely N-dealkylation sites (tertiary alicyclic amines) is 1. The quantitative estimate of drug-likeness (QED) is 0.947. The van der Waals surface area contributed by atoms with Crippen LogP contribution in [0.15, 0.2) is 30.6 Å². The Balaban J connectivity index is 1.65. The summed E-state index contributed by atoms with van der Waals surface area (Å²) >= 11 is 0. The molecule has 1 amide bonds. The van der Waals surface area contributed by atoms with Crippen molar-refractivity contribution in [3.63, 3.8) is 0 Å². The third-order valence-electron chi connectivity index (χ3n) is 4.42. The number of halogens is 1. The van der Waals surface area contributed by atoms with Crippen LogP contribution in [-0.2, 0) is 6.54 Å². The summed E-state index contributed by atoms with van der Waals surface area (Å²) in [5, 5.41) is 14.1. The highest BCUT2D eigenvalue weighted by Crippen LogP contribution is 2.29. The Morgan fingerprint density at radius 3 is 2.74 bits per heavy atom. The molecule has 0 saturated carbocycles. The number of phenols is 1. The molecule has 1 saturated heterocycles. The average Bonchev–Trinajstić information content (AvgIpc) is 3.03. The van der Waals surface area contributed by atoms with Gasteiger partial charge in [0.2, 0.25) is 0 Å². The molecule has 5 nitrogen and oxygen atoms in total. The van der Waals surface area contributed by atoms with Crippen molar-refractivity contribution >= 4 is 5.91 Å². The molecule has 1 N–H and O–H groups in total. The van der Waals surface area contributed by atoms with Crippen molar-refractivity contribution in [1.82, 2.24) is 14.7 Å². The van der Waals surface area contributed by atoms with E-state index >= 15 is 0 Å². The summed E-state index contributed by atoms with van der Waals surface area (Å²) in [6.07, 6.45) is 5.69. The molecule has 0 bridgehead atoms. The molecule has 0 spiro atoms. The third kappa shape index (κ3) is 3.21. The van der Waals surface area contributed by atoms with Crippen molar-refractivity contribution in [2.45, 2.75) is 32.2 Å². The highest BCUT2D eigenvalue weighted by Gasteiger charge is 2.26. The number of hydrogen-bond acceptors (Lipinski definition) is 3. The predicted octanol–water partition coefficient (Wildman–Crippen LogP) is 2.77. The van der Waals surface area contributed by atoms with Crippen molar-refractivity contribution in [1.29, 1.82) is 0 Å². The summed E-state index contributed by atoms with van der Waals surface area (Å²) in [7, 11) is 0. The van der Waals surface area contributed by atoms with Crippen LogP contribution in [0.1, 0.15) is 41.6 Å². The minimum Gasteiger partial charge on any atom is -0.507 e. The number of aromatic nitrogens is 2. The van der Waals surface area contributed by atoms with Gasteiger partial charge >= 0.3 is 0 Å². The summed E-state index contributed by atoms with van der Waals surface area (Å²) in [5.41, 5.74) is 1.37. The van der Waals surface area contributed by atoms with E-state index in [2.05, 4.69) is 11.3 Å². The van der Waals surface area contributed by atoms with E-state index in [1.54, 1.807) is 4.90 Å². The molecule has 2 aromatic rings. The number of aryl methyl sites for hydroxylation is 1. The molecular formula is C17H20FN3O2. The lowest BCUT2D eigenvalue weighted by Gasteiger charge is -2.31. The monoisotopic (exact) mass is 317 g/mol. The first-order valence-corrected chi connectivity index (χ1v) is 7.88. The van der Waals surface area contributed by atoms with Crippen LogP contribution >= 0.6 is 0 Å². The first-order valence-electron chi connectivity index (χ1n) is 7.88. The zero-order valence-corrected chi connectivity index (χ0v) is 13.1. The number of aromatic hydroxyl groups is 1. The molecule has 0 unspecified atom stereocenters. The van der Waals surface area contributed by atoms with Gasteiger partial charge in [-0.15, -0.1) is 0 Å². The molecule has 0 radical (unpaired) electrons. The lowest BCUT2D eigenvalue weighted by molar-refractivity contribution is 0.0710. The molecule has 1 aliphatic heterocycles. The standard InChI is InChI=1S/C17H20FN3O2/c1-2-21-11-13(10-19-21)12-5-7-20(8-6-12)17(23)15-4-3-14(18)9-16(15)22/h3-4,9-12,22H,2,5-8H2,1H3. The Kier molecular flexibility index (Phi) is 4.32.